The van der Waals surface area contributed by atoms with Crippen LogP contribution in [-0.4, -0.2) is 5.91 Å². The van der Waals surface area contributed by atoms with Crippen LogP contribution in [0.4, 0.5) is 11.4 Å². The number of nitriles is 1. The SMILES string of the molecule is N#Cc1ccc2c(c1)CCC(=O)N2c1ccccc1. The van der Waals surface area contributed by atoms with Crippen LogP contribution in [0, 0.1) is 11.3 Å². The predicted molar refractivity (Wildman–Crippen MR) is 73.1 cm³/mol. The Kier molecular flexibility index (Phi) is 2.77. The second-order valence-corrected chi connectivity index (χ2v) is 4.52. The van der Waals surface area contributed by atoms with E-state index in [4.69, 9.17) is 5.26 Å². The molecule has 0 fully saturated rings. The van der Waals surface area contributed by atoms with Crippen LogP contribution in [-0.2, 0) is 11.2 Å². The van der Waals surface area contributed by atoms with E-state index in [-0.39, 0.29) is 5.91 Å². The Morgan fingerprint density at radius 3 is 2.58 bits per heavy atom. The van der Waals surface area contributed by atoms with E-state index in [1.165, 1.54) is 0 Å². The molecule has 1 heterocycles. The zero-order chi connectivity index (χ0) is 13.2. The van der Waals surface area contributed by atoms with Crippen LogP contribution >= 0.6 is 0 Å². The number of para-hydroxylation sites is 1. The molecule has 0 bridgehead atoms. The number of anilines is 2. The third-order valence-electron chi connectivity index (χ3n) is 3.32. The van der Waals surface area contributed by atoms with Crippen molar-refractivity contribution in [1.29, 1.82) is 5.26 Å². The molecule has 92 valence electrons. The predicted octanol–water partition coefficient (Wildman–Crippen LogP) is 3.17. The molecule has 0 aliphatic carbocycles. The lowest BCUT2D eigenvalue weighted by Gasteiger charge is -2.29. The molecule has 0 saturated heterocycles. The van der Waals surface area contributed by atoms with Gasteiger partial charge >= 0.3 is 0 Å². The number of carbonyl (C=O) groups is 1. The van der Waals surface area contributed by atoms with E-state index in [9.17, 15) is 4.79 Å². The number of hydrogen-bond acceptors (Lipinski definition) is 2. The Morgan fingerprint density at radius 2 is 1.84 bits per heavy atom. The Balaban J connectivity index is 2.13. The number of carbonyl (C=O) groups excluding carboxylic acids is 1. The van der Waals surface area contributed by atoms with Gasteiger partial charge in [0.25, 0.3) is 0 Å². The highest BCUT2D eigenvalue weighted by Crippen LogP contribution is 2.34. The number of aryl methyl sites for hydroxylation is 1. The largest absolute Gasteiger partial charge is 0.281 e. The molecule has 0 spiro atoms. The van der Waals surface area contributed by atoms with Crippen molar-refractivity contribution in [3.63, 3.8) is 0 Å². The maximum Gasteiger partial charge on any atom is 0.231 e. The quantitative estimate of drug-likeness (QED) is 0.778. The van der Waals surface area contributed by atoms with Crippen molar-refractivity contribution in [2.24, 2.45) is 0 Å². The van der Waals surface area contributed by atoms with Crippen molar-refractivity contribution < 1.29 is 4.79 Å². The molecular formula is C16H12N2O. The second kappa shape index (κ2) is 4.58. The minimum Gasteiger partial charge on any atom is -0.281 e. The van der Waals surface area contributed by atoms with Crippen molar-refractivity contribution in [2.75, 3.05) is 4.90 Å². The summed E-state index contributed by atoms with van der Waals surface area (Å²) < 4.78 is 0. The Bertz CT molecular complexity index is 671. The van der Waals surface area contributed by atoms with Crippen LogP contribution < -0.4 is 4.90 Å². The monoisotopic (exact) mass is 248 g/mol. The summed E-state index contributed by atoms with van der Waals surface area (Å²) in [4.78, 5) is 13.9. The van der Waals surface area contributed by atoms with Crippen molar-refractivity contribution in [1.82, 2.24) is 0 Å². The van der Waals surface area contributed by atoms with Crippen LogP contribution in [0.25, 0.3) is 0 Å². The normalized spacial score (nSPS) is 13.8. The lowest BCUT2D eigenvalue weighted by molar-refractivity contribution is -0.118. The van der Waals surface area contributed by atoms with Gasteiger partial charge in [-0.1, -0.05) is 18.2 Å². The first kappa shape index (κ1) is 11.5. The van der Waals surface area contributed by atoms with Gasteiger partial charge in [-0.05, 0) is 42.3 Å². The van der Waals surface area contributed by atoms with Gasteiger partial charge in [-0.3, -0.25) is 9.69 Å². The first-order valence-electron chi connectivity index (χ1n) is 6.20. The summed E-state index contributed by atoms with van der Waals surface area (Å²) in [5, 5.41) is 8.94. The van der Waals surface area contributed by atoms with Gasteiger partial charge in [0, 0.05) is 12.1 Å². The van der Waals surface area contributed by atoms with Gasteiger partial charge in [-0.15, -0.1) is 0 Å². The highest BCUT2D eigenvalue weighted by atomic mass is 16.2. The highest BCUT2D eigenvalue weighted by molar-refractivity contribution is 6.03. The molecule has 0 unspecified atom stereocenters. The van der Waals surface area contributed by atoms with Gasteiger partial charge in [-0.2, -0.15) is 5.26 Å². The zero-order valence-corrected chi connectivity index (χ0v) is 10.3. The number of amides is 1. The minimum absolute atomic E-state index is 0.100. The average Bonchev–Trinajstić information content (AvgIpc) is 2.47. The molecule has 1 amide bonds. The molecule has 1 aliphatic rings. The van der Waals surface area contributed by atoms with E-state index in [0.717, 1.165) is 16.9 Å². The van der Waals surface area contributed by atoms with Crippen molar-refractivity contribution >= 4 is 17.3 Å². The van der Waals surface area contributed by atoms with Crippen LogP contribution in [0.5, 0.6) is 0 Å². The summed E-state index contributed by atoms with van der Waals surface area (Å²) in [6, 6.07) is 17.2. The fraction of sp³-hybridized carbons (Fsp3) is 0.125. The molecule has 3 rings (SSSR count). The maximum atomic E-state index is 12.2. The lowest BCUT2D eigenvalue weighted by atomic mass is 9.98. The van der Waals surface area contributed by atoms with E-state index < -0.39 is 0 Å². The molecule has 0 atom stereocenters. The smallest absolute Gasteiger partial charge is 0.231 e. The van der Waals surface area contributed by atoms with Crippen molar-refractivity contribution in [3.8, 4) is 6.07 Å². The molecular weight excluding hydrogens is 236 g/mol. The molecule has 2 aromatic carbocycles. The summed E-state index contributed by atoms with van der Waals surface area (Å²) >= 11 is 0. The number of benzene rings is 2. The Labute approximate surface area is 111 Å². The molecule has 3 heteroatoms. The summed E-state index contributed by atoms with van der Waals surface area (Å²) in [5.41, 5.74) is 3.46. The van der Waals surface area contributed by atoms with Crippen LogP contribution in [0.3, 0.4) is 0 Å². The number of hydrogen-bond donors (Lipinski definition) is 0. The van der Waals surface area contributed by atoms with Crippen molar-refractivity contribution in [3.05, 3.63) is 59.7 Å². The topological polar surface area (TPSA) is 44.1 Å². The molecule has 3 nitrogen and oxygen atoms in total. The molecule has 1 aliphatic heterocycles. The summed E-state index contributed by atoms with van der Waals surface area (Å²) in [5.74, 6) is 0.100. The van der Waals surface area contributed by atoms with E-state index >= 15 is 0 Å². The summed E-state index contributed by atoms with van der Waals surface area (Å²) in [7, 11) is 0. The van der Waals surface area contributed by atoms with Crippen molar-refractivity contribution in [2.45, 2.75) is 12.8 Å². The molecule has 0 N–H and O–H groups in total. The summed E-state index contributed by atoms with van der Waals surface area (Å²) in [6.45, 7) is 0. The second-order valence-electron chi connectivity index (χ2n) is 4.52. The van der Waals surface area contributed by atoms with E-state index in [0.29, 0.717) is 18.4 Å². The van der Waals surface area contributed by atoms with E-state index in [1.54, 1.807) is 11.0 Å². The minimum atomic E-state index is 0.100. The van der Waals surface area contributed by atoms with E-state index in [1.807, 2.05) is 42.5 Å². The number of rotatable bonds is 1. The third-order valence-corrected chi connectivity index (χ3v) is 3.32. The Hall–Kier alpha value is -2.60. The van der Waals surface area contributed by atoms with Gasteiger partial charge in [0.1, 0.15) is 0 Å². The first-order chi connectivity index (χ1) is 9.29. The van der Waals surface area contributed by atoms with Crippen LogP contribution in [0.2, 0.25) is 0 Å². The fourth-order valence-corrected chi connectivity index (χ4v) is 2.42. The molecule has 0 radical (unpaired) electrons. The number of nitrogens with zero attached hydrogens (tertiary/aromatic N) is 2. The standard InChI is InChI=1S/C16H12N2O/c17-11-12-6-8-15-13(10-12)7-9-16(19)18(15)14-4-2-1-3-5-14/h1-6,8,10H,7,9H2. The first-order valence-corrected chi connectivity index (χ1v) is 6.20. The fourth-order valence-electron chi connectivity index (χ4n) is 2.42. The number of fused-ring (bicyclic) bond motifs is 1. The van der Waals surface area contributed by atoms with Gasteiger partial charge in [-0.25, -0.2) is 0 Å². The highest BCUT2D eigenvalue weighted by Gasteiger charge is 2.25. The van der Waals surface area contributed by atoms with Gasteiger partial charge in [0.05, 0.1) is 17.3 Å². The molecule has 2 aromatic rings. The maximum absolute atomic E-state index is 12.2. The Morgan fingerprint density at radius 1 is 1.05 bits per heavy atom. The van der Waals surface area contributed by atoms with Crippen LogP contribution in [0.15, 0.2) is 48.5 Å². The van der Waals surface area contributed by atoms with Gasteiger partial charge < -0.3 is 0 Å². The molecule has 19 heavy (non-hydrogen) atoms. The zero-order valence-electron chi connectivity index (χ0n) is 10.3. The molecule has 0 saturated carbocycles. The summed E-state index contributed by atoms with van der Waals surface area (Å²) in [6.07, 6.45) is 1.18. The van der Waals surface area contributed by atoms with Gasteiger partial charge in [0.2, 0.25) is 5.91 Å². The van der Waals surface area contributed by atoms with Crippen LogP contribution in [0.1, 0.15) is 17.5 Å². The lowest BCUT2D eigenvalue weighted by Crippen LogP contribution is -2.30. The average molecular weight is 248 g/mol. The molecule has 0 aromatic heterocycles. The van der Waals surface area contributed by atoms with E-state index in [2.05, 4.69) is 6.07 Å². The third kappa shape index (κ3) is 1.98. The van der Waals surface area contributed by atoms with Gasteiger partial charge in [0.15, 0.2) is 0 Å².